The number of rotatable bonds is 5. The van der Waals surface area contributed by atoms with Gasteiger partial charge in [-0.15, -0.1) is 0 Å². The molecule has 0 unspecified atom stereocenters. The van der Waals surface area contributed by atoms with Gasteiger partial charge < -0.3 is 0 Å². The second kappa shape index (κ2) is 6.89. The fourth-order valence-corrected chi connectivity index (χ4v) is 2.51. The van der Waals surface area contributed by atoms with Crippen LogP contribution in [0.5, 0.6) is 0 Å². The summed E-state index contributed by atoms with van der Waals surface area (Å²) in [7, 11) is 1.91. The van der Waals surface area contributed by atoms with E-state index in [1.807, 2.05) is 42.3 Å². The maximum atomic E-state index is 12.2. The van der Waals surface area contributed by atoms with Gasteiger partial charge in [0.2, 0.25) is 0 Å². The summed E-state index contributed by atoms with van der Waals surface area (Å²) in [6, 6.07) is 15.0. The smallest absolute Gasteiger partial charge is 0.178 e. The van der Waals surface area contributed by atoms with Gasteiger partial charge >= 0.3 is 0 Å². The number of halogens is 2. The topological polar surface area (TPSA) is 20.3 Å². The van der Waals surface area contributed by atoms with E-state index >= 15 is 0 Å². The van der Waals surface area contributed by atoms with Crippen LogP contribution >= 0.6 is 23.2 Å². The average Bonchev–Trinajstić information content (AvgIpc) is 2.39. The van der Waals surface area contributed by atoms with Crippen LogP contribution in [0, 0.1) is 0 Å². The molecule has 0 aliphatic heterocycles. The molecule has 0 fully saturated rings. The summed E-state index contributed by atoms with van der Waals surface area (Å²) in [5, 5.41) is 0.930. The summed E-state index contributed by atoms with van der Waals surface area (Å²) >= 11 is 11.9. The van der Waals surface area contributed by atoms with Gasteiger partial charge in [0.1, 0.15) is 0 Å². The van der Waals surface area contributed by atoms with E-state index in [0.717, 1.165) is 6.54 Å². The fraction of sp³-hybridized carbons (Fsp3) is 0.188. The van der Waals surface area contributed by atoms with Crippen LogP contribution in [-0.4, -0.2) is 24.3 Å². The molecule has 0 spiro atoms. The number of hydrogen-bond donors (Lipinski definition) is 0. The summed E-state index contributed by atoms with van der Waals surface area (Å²) in [5.74, 6) is -0.00917. The zero-order valence-corrected chi connectivity index (χ0v) is 12.7. The Morgan fingerprint density at radius 3 is 2.45 bits per heavy atom. The molecule has 0 saturated heterocycles. The van der Waals surface area contributed by atoms with E-state index in [2.05, 4.69) is 0 Å². The standard InChI is InChI=1S/C16H15Cl2NO/c1-19(10-12-5-3-2-4-6-12)11-16(20)14-8-7-13(17)9-15(14)18/h2-9H,10-11H2,1H3. The molecule has 20 heavy (non-hydrogen) atoms. The van der Waals surface area contributed by atoms with Crippen molar-refractivity contribution in [3.05, 3.63) is 69.7 Å². The number of likely N-dealkylation sites (N-methyl/N-ethyl adjacent to an activating group) is 1. The molecule has 2 aromatic rings. The Morgan fingerprint density at radius 2 is 1.80 bits per heavy atom. The van der Waals surface area contributed by atoms with E-state index < -0.39 is 0 Å². The summed E-state index contributed by atoms with van der Waals surface area (Å²) in [5.41, 5.74) is 1.68. The highest BCUT2D eigenvalue weighted by Gasteiger charge is 2.13. The minimum Gasteiger partial charge on any atom is -0.295 e. The Hall–Kier alpha value is -1.35. The number of carbonyl (C=O) groups is 1. The lowest BCUT2D eigenvalue weighted by atomic mass is 10.1. The van der Waals surface area contributed by atoms with Crippen molar-refractivity contribution in [3.8, 4) is 0 Å². The lowest BCUT2D eigenvalue weighted by Gasteiger charge is -2.16. The molecule has 0 radical (unpaired) electrons. The number of nitrogens with zero attached hydrogens (tertiary/aromatic N) is 1. The first-order valence-electron chi connectivity index (χ1n) is 6.27. The largest absolute Gasteiger partial charge is 0.295 e. The minimum absolute atomic E-state index is 0.00917. The van der Waals surface area contributed by atoms with Crippen molar-refractivity contribution in [1.82, 2.24) is 4.90 Å². The highest BCUT2D eigenvalue weighted by atomic mass is 35.5. The highest BCUT2D eigenvalue weighted by molar-refractivity contribution is 6.36. The monoisotopic (exact) mass is 307 g/mol. The predicted molar refractivity (Wildman–Crippen MR) is 83.6 cm³/mol. The third-order valence-corrected chi connectivity index (χ3v) is 3.49. The number of Topliss-reactive ketones (excluding diaryl/α,β-unsaturated/α-hetero) is 1. The van der Waals surface area contributed by atoms with Crippen LogP contribution < -0.4 is 0 Å². The van der Waals surface area contributed by atoms with Crippen molar-refractivity contribution in [2.24, 2.45) is 0 Å². The molecule has 104 valence electrons. The van der Waals surface area contributed by atoms with Crippen molar-refractivity contribution in [1.29, 1.82) is 0 Å². The van der Waals surface area contributed by atoms with Gasteiger partial charge in [-0.05, 0) is 30.8 Å². The van der Waals surface area contributed by atoms with E-state index in [1.54, 1.807) is 18.2 Å². The predicted octanol–water partition coefficient (Wildman–Crippen LogP) is 4.31. The molecule has 0 heterocycles. The van der Waals surface area contributed by atoms with Crippen LogP contribution in [0.15, 0.2) is 48.5 Å². The molecular formula is C16H15Cl2NO. The molecule has 0 atom stereocenters. The van der Waals surface area contributed by atoms with Crippen molar-refractivity contribution in [3.63, 3.8) is 0 Å². The second-order valence-corrected chi connectivity index (χ2v) is 5.55. The summed E-state index contributed by atoms with van der Waals surface area (Å²) in [6.07, 6.45) is 0. The van der Waals surface area contributed by atoms with Crippen molar-refractivity contribution in [2.45, 2.75) is 6.54 Å². The Morgan fingerprint density at radius 1 is 1.10 bits per heavy atom. The van der Waals surface area contributed by atoms with Gasteiger partial charge in [0.05, 0.1) is 11.6 Å². The second-order valence-electron chi connectivity index (χ2n) is 4.71. The third-order valence-electron chi connectivity index (χ3n) is 2.94. The molecule has 0 aliphatic rings. The molecular weight excluding hydrogens is 293 g/mol. The van der Waals surface area contributed by atoms with Gasteiger partial charge in [-0.3, -0.25) is 9.69 Å². The van der Waals surface area contributed by atoms with Gasteiger partial charge in [0.25, 0.3) is 0 Å². The SMILES string of the molecule is CN(CC(=O)c1ccc(Cl)cc1Cl)Cc1ccccc1. The Bertz CT molecular complexity index is 599. The number of hydrogen-bond acceptors (Lipinski definition) is 2. The third kappa shape index (κ3) is 4.07. The molecule has 0 saturated carbocycles. The van der Waals surface area contributed by atoms with Gasteiger partial charge in [-0.25, -0.2) is 0 Å². The van der Waals surface area contributed by atoms with Crippen molar-refractivity contribution >= 4 is 29.0 Å². The van der Waals surface area contributed by atoms with Crippen LogP contribution in [0.1, 0.15) is 15.9 Å². The number of benzene rings is 2. The Labute approximate surface area is 128 Å². The summed E-state index contributed by atoms with van der Waals surface area (Å²) < 4.78 is 0. The first-order valence-corrected chi connectivity index (χ1v) is 7.02. The van der Waals surface area contributed by atoms with E-state index in [4.69, 9.17) is 23.2 Å². The van der Waals surface area contributed by atoms with E-state index in [9.17, 15) is 4.79 Å². The maximum absolute atomic E-state index is 12.2. The lowest BCUT2D eigenvalue weighted by Crippen LogP contribution is -2.25. The van der Waals surface area contributed by atoms with Gasteiger partial charge in [-0.2, -0.15) is 0 Å². The van der Waals surface area contributed by atoms with Gasteiger partial charge in [0.15, 0.2) is 5.78 Å². The van der Waals surface area contributed by atoms with Gasteiger partial charge in [-0.1, -0.05) is 53.5 Å². The molecule has 0 bridgehead atoms. The van der Waals surface area contributed by atoms with E-state index in [1.165, 1.54) is 5.56 Å². The van der Waals surface area contributed by atoms with Crippen LogP contribution in [0.2, 0.25) is 10.0 Å². The van der Waals surface area contributed by atoms with Crippen molar-refractivity contribution < 1.29 is 4.79 Å². The van der Waals surface area contributed by atoms with E-state index in [0.29, 0.717) is 22.2 Å². The number of carbonyl (C=O) groups excluding carboxylic acids is 1. The van der Waals surface area contributed by atoms with E-state index in [-0.39, 0.29) is 5.78 Å². The zero-order chi connectivity index (χ0) is 14.5. The summed E-state index contributed by atoms with van der Waals surface area (Å²) in [4.78, 5) is 14.2. The van der Waals surface area contributed by atoms with Crippen LogP contribution in [0.3, 0.4) is 0 Å². The highest BCUT2D eigenvalue weighted by Crippen LogP contribution is 2.21. The first-order chi connectivity index (χ1) is 9.56. The zero-order valence-electron chi connectivity index (χ0n) is 11.1. The van der Waals surface area contributed by atoms with Crippen LogP contribution in [0.25, 0.3) is 0 Å². The lowest BCUT2D eigenvalue weighted by molar-refractivity contribution is 0.0943. The van der Waals surface area contributed by atoms with Crippen LogP contribution in [-0.2, 0) is 6.54 Å². The van der Waals surface area contributed by atoms with Crippen LogP contribution in [0.4, 0.5) is 0 Å². The van der Waals surface area contributed by atoms with Crippen molar-refractivity contribution in [2.75, 3.05) is 13.6 Å². The minimum atomic E-state index is -0.00917. The molecule has 0 N–H and O–H groups in total. The molecule has 2 nitrogen and oxygen atoms in total. The molecule has 0 amide bonds. The average molecular weight is 308 g/mol. The Kier molecular flexibility index (Phi) is 5.18. The molecule has 0 aliphatic carbocycles. The maximum Gasteiger partial charge on any atom is 0.178 e. The Balaban J connectivity index is 2.00. The normalized spacial score (nSPS) is 10.8. The summed E-state index contributed by atoms with van der Waals surface area (Å²) in [6.45, 7) is 1.04. The number of ketones is 1. The molecule has 0 aromatic heterocycles. The first kappa shape index (κ1) is 15.0. The fourth-order valence-electron chi connectivity index (χ4n) is 2.00. The molecule has 2 aromatic carbocycles. The molecule has 2 rings (SSSR count). The molecule has 4 heteroatoms. The van der Waals surface area contributed by atoms with Gasteiger partial charge in [0, 0.05) is 17.1 Å². The quantitative estimate of drug-likeness (QED) is 0.767.